The summed E-state index contributed by atoms with van der Waals surface area (Å²) >= 11 is 0. The molecule has 2 N–H and O–H groups in total. The highest BCUT2D eigenvalue weighted by Crippen LogP contribution is 2.30. The van der Waals surface area contributed by atoms with Crippen LogP contribution >= 0.6 is 0 Å². The van der Waals surface area contributed by atoms with Gasteiger partial charge in [-0.15, -0.1) is 0 Å². The van der Waals surface area contributed by atoms with Crippen LogP contribution in [0.3, 0.4) is 0 Å². The van der Waals surface area contributed by atoms with Crippen LogP contribution in [0.1, 0.15) is 24.2 Å². The number of carbonyl (C=O) groups excluding carboxylic acids is 1. The van der Waals surface area contributed by atoms with Gasteiger partial charge in [0.2, 0.25) is 0 Å². The van der Waals surface area contributed by atoms with Gasteiger partial charge in [0.1, 0.15) is 17.1 Å². The number of rotatable bonds is 6. The summed E-state index contributed by atoms with van der Waals surface area (Å²) in [7, 11) is 1.33. The van der Waals surface area contributed by atoms with Gasteiger partial charge in [-0.05, 0) is 44.2 Å². The number of benzene rings is 2. The van der Waals surface area contributed by atoms with Gasteiger partial charge in [-0.25, -0.2) is 4.79 Å². The molecule has 0 radical (unpaired) electrons. The van der Waals surface area contributed by atoms with E-state index in [9.17, 15) is 4.79 Å². The Morgan fingerprint density at radius 3 is 2.52 bits per heavy atom. The Labute approximate surface area is 136 Å². The van der Waals surface area contributed by atoms with Gasteiger partial charge >= 0.3 is 5.97 Å². The molecule has 0 aromatic heterocycles. The molecule has 2 aromatic rings. The van der Waals surface area contributed by atoms with Gasteiger partial charge in [0.15, 0.2) is 0 Å². The van der Waals surface area contributed by atoms with E-state index in [4.69, 9.17) is 15.2 Å². The number of nitrogen functional groups attached to an aromatic ring is 1. The van der Waals surface area contributed by atoms with Crippen LogP contribution in [-0.2, 0) is 4.74 Å². The number of carbonyl (C=O) groups is 1. The van der Waals surface area contributed by atoms with Gasteiger partial charge in [0.25, 0.3) is 0 Å². The van der Waals surface area contributed by atoms with Crippen molar-refractivity contribution in [3.8, 4) is 11.5 Å². The number of esters is 1. The molecule has 0 fully saturated rings. The normalized spacial score (nSPS) is 10.2. The van der Waals surface area contributed by atoms with Crippen LogP contribution in [0.15, 0.2) is 42.5 Å². The van der Waals surface area contributed by atoms with Crippen LogP contribution in [-0.4, -0.2) is 26.2 Å². The minimum Gasteiger partial charge on any atom is -0.465 e. The summed E-state index contributed by atoms with van der Waals surface area (Å²) < 4.78 is 10.7. The van der Waals surface area contributed by atoms with Gasteiger partial charge in [-0.1, -0.05) is 6.07 Å². The van der Waals surface area contributed by atoms with Crippen molar-refractivity contribution >= 4 is 17.3 Å². The highest BCUT2D eigenvalue weighted by molar-refractivity contribution is 5.93. The third kappa shape index (κ3) is 3.94. The minimum absolute atomic E-state index is 0.306. The highest BCUT2D eigenvalue weighted by Gasteiger charge is 2.14. The van der Waals surface area contributed by atoms with E-state index in [0.717, 1.165) is 18.8 Å². The molecule has 0 bridgehead atoms. The van der Waals surface area contributed by atoms with Crippen molar-refractivity contribution in [1.82, 2.24) is 0 Å². The standard InChI is InChI=1S/C18H22N2O3/c1-4-20(5-2)14-7-6-8-15(12-14)23-17-10-9-13(19)11-16(17)18(21)22-3/h6-12H,4-5,19H2,1-3H3. The maximum atomic E-state index is 11.9. The van der Waals surface area contributed by atoms with E-state index in [0.29, 0.717) is 22.7 Å². The van der Waals surface area contributed by atoms with E-state index in [1.54, 1.807) is 18.2 Å². The van der Waals surface area contributed by atoms with Crippen LogP contribution in [0, 0.1) is 0 Å². The zero-order valence-corrected chi connectivity index (χ0v) is 13.7. The van der Waals surface area contributed by atoms with Crippen molar-refractivity contribution in [3.63, 3.8) is 0 Å². The third-order valence-corrected chi connectivity index (χ3v) is 3.58. The molecule has 0 saturated carbocycles. The van der Waals surface area contributed by atoms with Crippen molar-refractivity contribution in [2.75, 3.05) is 30.8 Å². The van der Waals surface area contributed by atoms with Crippen molar-refractivity contribution in [3.05, 3.63) is 48.0 Å². The number of ether oxygens (including phenoxy) is 2. The van der Waals surface area contributed by atoms with E-state index in [-0.39, 0.29) is 0 Å². The fraction of sp³-hybridized carbons (Fsp3) is 0.278. The lowest BCUT2D eigenvalue weighted by atomic mass is 10.2. The Bertz CT molecular complexity index is 682. The van der Waals surface area contributed by atoms with E-state index < -0.39 is 5.97 Å². The molecule has 2 aromatic carbocycles. The molecule has 23 heavy (non-hydrogen) atoms. The van der Waals surface area contributed by atoms with Crippen molar-refractivity contribution in [2.45, 2.75) is 13.8 Å². The predicted molar refractivity (Wildman–Crippen MR) is 92.3 cm³/mol. The lowest BCUT2D eigenvalue weighted by Gasteiger charge is -2.21. The van der Waals surface area contributed by atoms with Crippen LogP contribution in [0.5, 0.6) is 11.5 Å². The number of nitrogens with two attached hydrogens (primary N) is 1. The number of nitrogens with zero attached hydrogens (tertiary/aromatic N) is 1. The molecule has 0 aliphatic carbocycles. The van der Waals surface area contributed by atoms with Crippen molar-refractivity contribution in [2.24, 2.45) is 0 Å². The van der Waals surface area contributed by atoms with Crippen LogP contribution in [0.2, 0.25) is 0 Å². The van der Waals surface area contributed by atoms with Gasteiger partial charge in [-0.2, -0.15) is 0 Å². The molecule has 0 unspecified atom stereocenters. The minimum atomic E-state index is -0.479. The Morgan fingerprint density at radius 2 is 1.87 bits per heavy atom. The summed E-state index contributed by atoms with van der Waals surface area (Å²) in [5.41, 5.74) is 7.60. The lowest BCUT2D eigenvalue weighted by molar-refractivity contribution is 0.0598. The first-order chi connectivity index (χ1) is 11.1. The Hall–Kier alpha value is -2.69. The predicted octanol–water partition coefficient (Wildman–Crippen LogP) is 3.69. The second-order valence-electron chi connectivity index (χ2n) is 5.02. The summed E-state index contributed by atoms with van der Waals surface area (Å²) in [5.74, 6) is 0.597. The molecular formula is C18H22N2O3. The number of hydrogen-bond acceptors (Lipinski definition) is 5. The lowest BCUT2D eigenvalue weighted by Crippen LogP contribution is -2.21. The smallest absolute Gasteiger partial charge is 0.341 e. The second kappa shape index (κ2) is 7.54. The molecule has 2 rings (SSSR count). The van der Waals surface area contributed by atoms with Crippen LogP contribution in [0.25, 0.3) is 0 Å². The van der Waals surface area contributed by atoms with Crippen LogP contribution < -0.4 is 15.4 Å². The Balaban J connectivity index is 2.32. The largest absolute Gasteiger partial charge is 0.465 e. The zero-order chi connectivity index (χ0) is 16.8. The molecule has 122 valence electrons. The first-order valence-corrected chi connectivity index (χ1v) is 7.59. The third-order valence-electron chi connectivity index (χ3n) is 3.58. The van der Waals surface area contributed by atoms with E-state index in [1.807, 2.05) is 24.3 Å². The van der Waals surface area contributed by atoms with Gasteiger partial charge < -0.3 is 20.1 Å². The number of anilines is 2. The first kappa shape index (κ1) is 16.7. The molecular weight excluding hydrogens is 292 g/mol. The first-order valence-electron chi connectivity index (χ1n) is 7.59. The monoisotopic (exact) mass is 314 g/mol. The SMILES string of the molecule is CCN(CC)c1cccc(Oc2ccc(N)cc2C(=O)OC)c1. The number of methoxy groups -OCH3 is 1. The Kier molecular flexibility index (Phi) is 5.46. The maximum absolute atomic E-state index is 11.9. The summed E-state index contributed by atoms with van der Waals surface area (Å²) in [6.45, 7) is 6.03. The Morgan fingerprint density at radius 1 is 1.13 bits per heavy atom. The highest BCUT2D eigenvalue weighted by atomic mass is 16.5. The van der Waals surface area contributed by atoms with Crippen molar-refractivity contribution < 1.29 is 14.3 Å². The fourth-order valence-corrected chi connectivity index (χ4v) is 2.37. The summed E-state index contributed by atoms with van der Waals surface area (Å²) in [6.07, 6.45) is 0. The van der Waals surface area contributed by atoms with E-state index >= 15 is 0 Å². The molecule has 0 amide bonds. The van der Waals surface area contributed by atoms with Gasteiger partial charge in [0.05, 0.1) is 7.11 Å². The van der Waals surface area contributed by atoms with E-state index in [2.05, 4.69) is 18.7 Å². The molecule has 0 spiro atoms. The summed E-state index contributed by atoms with van der Waals surface area (Å²) in [4.78, 5) is 14.1. The number of hydrogen-bond donors (Lipinski definition) is 1. The molecule has 0 atom stereocenters. The zero-order valence-electron chi connectivity index (χ0n) is 13.7. The molecule has 0 aliphatic heterocycles. The quantitative estimate of drug-likeness (QED) is 0.650. The van der Waals surface area contributed by atoms with E-state index in [1.165, 1.54) is 7.11 Å². The maximum Gasteiger partial charge on any atom is 0.341 e. The van der Waals surface area contributed by atoms with Gasteiger partial charge in [-0.3, -0.25) is 0 Å². The van der Waals surface area contributed by atoms with Gasteiger partial charge in [0, 0.05) is 30.5 Å². The topological polar surface area (TPSA) is 64.8 Å². The van der Waals surface area contributed by atoms with Crippen LogP contribution in [0.4, 0.5) is 11.4 Å². The second-order valence-corrected chi connectivity index (χ2v) is 5.02. The van der Waals surface area contributed by atoms with Crippen molar-refractivity contribution in [1.29, 1.82) is 0 Å². The summed E-state index contributed by atoms with van der Waals surface area (Å²) in [6, 6.07) is 12.7. The average molecular weight is 314 g/mol. The fourth-order valence-electron chi connectivity index (χ4n) is 2.37. The molecule has 0 saturated heterocycles. The molecule has 5 nitrogen and oxygen atoms in total. The summed E-state index contributed by atoms with van der Waals surface area (Å²) in [5, 5.41) is 0. The molecule has 5 heteroatoms. The molecule has 0 heterocycles. The molecule has 0 aliphatic rings. The average Bonchev–Trinajstić information content (AvgIpc) is 2.57.